The number of carbonyl (C=O) groups is 3. The minimum atomic E-state index is -5.16. The Labute approximate surface area is 141 Å². The van der Waals surface area contributed by atoms with Gasteiger partial charge in [-0.3, -0.25) is 19.8 Å². The summed E-state index contributed by atoms with van der Waals surface area (Å²) in [4.78, 5) is 36.1. The van der Waals surface area contributed by atoms with Crippen molar-refractivity contribution in [2.75, 3.05) is 12.4 Å². The Morgan fingerprint density at radius 1 is 1.55 bits per heavy atom. The number of hydrogen-bond donors (Lipinski definition) is 1. The molecule has 126 valence electrons. The number of ketones is 1. The number of nitrogens with one attached hydrogen (secondary N) is 1. The van der Waals surface area contributed by atoms with Crippen molar-refractivity contribution in [3.05, 3.63) is 0 Å². The average Bonchev–Trinajstić information content (AvgIpc) is 2.42. The maximum Gasteiger partial charge on any atom is 0.327 e. The van der Waals surface area contributed by atoms with Gasteiger partial charge < -0.3 is 4.55 Å². The van der Waals surface area contributed by atoms with Crippen molar-refractivity contribution in [2.45, 2.75) is 16.1 Å². The van der Waals surface area contributed by atoms with Gasteiger partial charge in [-0.1, -0.05) is 22.6 Å². The molecule has 0 aromatic carbocycles. The van der Waals surface area contributed by atoms with Crippen molar-refractivity contribution in [3.8, 4) is 0 Å². The molecule has 0 spiro atoms. The first-order chi connectivity index (χ1) is 10.1. The lowest BCUT2D eigenvalue weighted by atomic mass is 9.94. The number of halogens is 3. The van der Waals surface area contributed by atoms with Crippen LogP contribution in [-0.4, -0.2) is 51.3 Å². The van der Waals surface area contributed by atoms with Gasteiger partial charge in [-0.05, 0) is 12.8 Å². The Kier molecular flexibility index (Phi) is 6.94. The van der Waals surface area contributed by atoms with Crippen LogP contribution in [0.4, 0.5) is 12.6 Å². The first-order valence-electron chi connectivity index (χ1n) is 5.80. The molecule has 22 heavy (non-hydrogen) atoms. The van der Waals surface area contributed by atoms with Crippen molar-refractivity contribution >= 4 is 62.1 Å². The second-order valence-electron chi connectivity index (χ2n) is 4.29. The van der Waals surface area contributed by atoms with E-state index in [-0.39, 0.29) is 19.4 Å². The predicted octanol–water partition coefficient (Wildman–Crippen LogP) is 0.155. The van der Waals surface area contributed by atoms with E-state index in [0.29, 0.717) is 4.90 Å². The number of hydrogen-bond acceptors (Lipinski definition) is 6. The lowest BCUT2D eigenvalue weighted by molar-refractivity contribution is -0.140. The molecule has 0 radical (unpaired) electrons. The highest BCUT2D eigenvalue weighted by atomic mass is 127. The van der Waals surface area contributed by atoms with Gasteiger partial charge in [0, 0.05) is 10.4 Å². The van der Waals surface area contributed by atoms with Gasteiger partial charge in [0.1, 0.15) is 0 Å². The van der Waals surface area contributed by atoms with Gasteiger partial charge in [-0.2, -0.15) is 8.42 Å². The lowest BCUT2D eigenvalue weighted by Crippen LogP contribution is -2.52. The summed E-state index contributed by atoms with van der Waals surface area (Å²) in [6.07, 6.45) is 0.176. The summed E-state index contributed by atoms with van der Waals surface area (Å²) in [6, 6.07) is -1.05. The maximum atomic E-state index is 12.8. The zero-order chi connectivity index (χ0) is 17.1. The fourth-order valence-electron chi connectivity index (χ4n) is 1.85. The molecular formula is C9H11F2IN2O6S2. The van der Waals surface area contributed by atoms with Crippen molar-refractivity contribution in [1.29, 1.82) is 0 Å². The third kappa shape index (κ3) is 4.99. The maximum absolute atomic E-state index is 12.8. The Hall–Kier alpha value is -0.540. The largest absolute Gasteiger partial charge is 0.579 e. The number of piperidine rings is 1. The average molecular weight is 472 g/mol. The summed E-state index contributed by atoms with van der Waals surface area (Å²) in [7, 11) is -5.16. The standard InChI is InChI=1S/C9H11F2IN2O6S2/c10-21(18)4-13-9(17)14-3-1-2-5(8(14)16)6(15)7(12)22(11,19)20/h5,7H,1-4H2,(H,13,17)/t5?,7-,21?/m0/s1. The summed E-state index contributed by atoms with van der Waals surface area (Å²) in [6.45, 7) is -0.0678. The van der Waals surface area contributed by atoms with E-state index < -0.39 is 54.6 Å². The van der Waals surface area contributed by atoms with E-state index in [2.05, 4.69) is 0 Å². The van der Waals surface area contributed by atoms with Gasteiger partial charge in [0.25, 0.3) is 0 Å². The van der Waals surface area contributed by atoms with E-state index in [9.17, 15) is 35.1 Å². The van der Waals surface area contributed by atoms with Crippen LogP contribution in [0.3, 0.4) is 0 Å². The molecule has 1 rings (SSSR count). The highest BCUT2D eigenvalue weighted by Crippen LogP contribution is 2.25. The van der Waals surface area contributed by atoms with Crippen LogP contribution < -0.4 is 5.32 Å². The molecule has 0 aliphatic carbocycles. The van der Waals surface area contributed by atoms with E-state index in [4.69, 9.17) is 0 Å². The molecule has 1 aliphatic rings. The van der Waals surface area contributed by atoms with Crippen LogP contribution in [0.5, 0.6) is 0 Å². The van der Waals surface area contributed by atoms with E-state index in [1.54, 1.807) is 0 Å². The normalized spacial score (nSPS) is 22.1. The van der Waals surface area contributed by atoms with Gasteiger partial charge >= 0.3 is 16.3 Å². The molecular weight excluding hydrogens is 461 g/mol. The summed E-state index contributed by atoms with van der Waals surface area (Å²) in [5.74, 6) is -4.44. The zero-order valence-corrected chi connectivity index (χ0v) is 14.6. The second-order valence-corrected chi connectivity index (χ2v) is 8.68. The van der Waals surface area contributed by atoms with E-state index in [1.807, 2.05) is 5.32 Å². The Balaban J connectivity index is 2.82. The van der Waals surface area contributed by atoms with Crippen LogP contribution in [-0.2, 0) is 31.4 Å². The van der Waals surface area contributed by atoms with Crippen LogP contribution >= 0.6 is 22.6 Å². The molecule has 1 aliphatic heterocycles. The summed E-state index contributed by atoms with van der Waals surface area (Å²) < 4.78 is 54.7. The SMILES string of the molecule is O=C(C1CCCN(C(=O)NC[S+]([O-])F)C1=O)[C@@H](I)S(=O)(=O)F. The number of carbonyl (C=O) groups excluding carboxylic acids is 3. The van der Waals surface area contributed by atoms with Crippen LogP contribution in [0, 0.1) is 5.92 Å². The molecule has 0 aromatic heterocycles. The molecule has 3 atom stereocenters. The van der Waals surface area contributed by atoms with Crippen molar-refractivity contribution in [3.63, 3.8) is 0 Å². The van der Waals surface area contributed by atoms with Crippen molar-refractivity contribution in [2.24, 2.45) is 5.92 Å². The summed E-state index contributed by atoms with van der Waals surface area (Å²) in [5, 5.41) is 1.89. The monoisotopic (exact) mass is 472 g/mol. The lowest BCUT2D eigenvalue weighted by Gasteiger charge is -2.30. The first kappa shape index (κ1) is 19.5. The molecule has 3 amide bonds. The number of likely N-dealkylation sites (tertiary alicyclic amines) is 1. The number of amides is 3. The third-order valence-corrected chi connectivity index (χ3v) is 6.37. The number of rotatable bonds is 5. The number of urea groups is 1. The number of imide groups is 1. The minimum absolute atomic E-state index is 0.0223. The van der Waals surface area contributed by atoms with Gasteiger partial charge in [-0.15, -0.1) is 3.89 Å². The molecule has 8 nitrogen and oxygen atoms in total. The number of Topliss-reactive ketones (excluding diaryl/α,β-unsaturated/α-hetero) is 1. The van der Waals surface area contributed by atoms with Crippen LogP contribution in [0.2, 0.25) is 0 Å². The Bertz CT molecular complexity index is 572. The van der Waals surface area contributed by atoms with E-state index in [0.717, 1.165) is 22.6 Å². The molecule has 1 heterocycles. The predicted molar refractivity (Wildman–Crippen MR) is 79.9 cm³/mol. The topological polar surface area (TPSA) is 124 Å². The fourth-order valence-corrected chi connectivity index (χ4v) is 2.96. The molecule has 2 unspecified atom stereocenters. The third-order valence-electron chi connectivity index (χ3n) is 2.83. The van der Waals surface area contributed by atoms with Crippen LogP contribution in [0.1, 0.15) is 12.8 Å². The van der Waals surface area contributed by atoms with Crippen LogP contribution in [0.15, 0.2) is 0 Å². The first-order valence-corrected chi connectivity index (χ1v) is 9.72. The number of nitrogens with zero attached hydrogens (tertiary/aromatic N) is 1. The summed E-state index contributed by atoms with van der Waals surface area (Å²) >= 11 is -1.74. The highest BCUT2D eigenvalue weighted by Gasteiger charge is 2.43. The smallest absolute Gasteiger partial charge is 0.327 e. The van der Waals surface area contributed by atoms with Crippen molar-refractivity contribution in [1.82, 2.24) is 10.2 Å². The molecule has 13 heteroatoms. The van der Waals surface area contributed by atoms with Gasteiger partial charge in [0.15, 0.2) is 17.3 Å². The molecule has 0 bridgehead atoms. The van der Waals surface area contributed by atoms with Crippen molar-refractivity contribution < 1.29 is 35.1 Å². The number of alkyl halides is 1. The molecule has 1 saturated heterocycles. The molecule has 1 N–H and O–H groups in total. The zero-order valence-electron chi connectivity index (χ0n) is 10.8. The van der Waals surface area contributed by atoms with Crippen LogP contribution in [0.25, 0.3) is 0 Å². The molecule has 1 fully saturated rings. The van der Waals surface area contributed by atoms with Gasteiger partial charge in [0.05, 0.1) is 5.92 Å². The Morgan fingerprint density at radius 3 is 2.64 bits per heavy atom. The Morgan fingerprint density at radius 2 is 2.14 bits per heavy atom. The summed E-state index contributed by atoms with van der Waals surface area (Å²) in [5.41, 5.74) is 0. The molecule has 0 saturated carbocycles. The fraction of sp³-hybridized carbons (Fsp3) is 0.667. The van der Waals surface area contributed by atoms with E-state index >= 15 is 0 Å². The minimum Gasteiger partial charge on any atom is -0.579 e. The van der Waals surface area contributed by atoms with E-state index in [1.165, 1.54) is 0 Å². The molecule has 0 aromatic rings. The van der Waals surface area contributed by atoms with Gasteiger partial charge in [0.2, 0.25) is 15.0 Å². The second kappa shape index (κ2) is 7.83. The van der Waals surface area contributed by atoms with Gasteiger partial charge in [-0.25, -0.2) is 4.79 Å². The highest BCUT2D eigenvalue weighted by molar-refractivity contribution is 14.1. The quantitative estimate of drug-likeness (QED) is 0.200.